The molecule has 5 heterocycles. The van der Waals surface area contributed by atoms with Crippen molar-refractivity contribution in [1.82, 2.24) is 9.80 Å². The Morgan fingerprint density at radius 1 is 0.938 bits per heavy atom. The van der Waals surface area contributed by atoms with Crippen molar-refractivity contribution in [3.8, 4) is 0 Å². The van der Waals surface area contributed by atoms with Crippen molar-refractivity contribution in [3.63, 3.8) is 0 Å². The second-order valence-electron chi connectivity index (χ2n) is 11.1. The molecule has 8 atom stereocenters. The lowest BCUT2D eigenvalue weighted by molar-refractivity contribution is -0.574. The molecule has 0 N–H and O–H groups in total. The Morgan fingerprint density at radius 3 is 2.50 bits per heavy atom. The molecule has 1 aromatic carbocycles. The molecule has 4 unspecified atom stereocenters. The Kier molecular flexibility index (Phi) is 5.40. The van der Waals surface area contributed by atoms with Gasteiger partial charge < -0.3 is 9.47 Å². The highest BCUT2D eigenvalue weighted by atomic mass is 17.3. The van der Waals surface area contributed by atoms with Crippen LogP contribution >= 0.6 is 0 Å². The maximum absolute atomic E-state index is 6.83. The lowest BCUT2D eigenvalue weighted by Crippen LogP contribution is -2.72. The van der Waals surface area contributed by atoms with Crippen LogP contribution in [-0.2, 0) is 25.8 Å². The average Bonchev–Trinajstić information content (AvgIpc) is 3.03. The Labute approximate surface area is 192 Å². The SMILES string of the molecule is CC1CC[C@H]2[C@@H](C)C(N3CCN(Cc4ccccc4)CC3)OC3O[C@]4(C)CC[C@@H]1C32OO4. The summed E-state index contributed by atoms with van der Waals surface area (Å²) in [4.78, 5) is 17.4. The summed E-state index contributed by atoms with van der Waals surface area (Å²) in [6, 6.07) is 10.8. The summed E-state index contributed by atoms with van der Waals surface area (Å²) in [5, 5.41) is 0. The lowest BCUT2D eigenvalue weighted by Gasteiger charge is -2.61. The molecule has 1 saturated carbocycles. The molecule has 0 radical (unpaired) electrons. The van der Waals surface area contributed by atoms with Crippen LogP contribution in [0, 0.1) is 23.7 Å². The maximum atomic E-state index is 6.83. The Morgan fingerprint density at radius 2 is 1.72 bits per heavy atom. The van der Waals surface area contributed by atoms with Crippen LogP contribution in [0.1, 0.15) is 52.0 Å². The van der Waals surface area contributed by atoms with Gasteiger partial charge in [0.1, 0.15) is 6.23 Å². The summed E-state index contributed by atoms with van der Waals surface area (Å²) in [5.74, 6) is 1.13. The van der Waals surface area contributed by atoms with E-state index in [0.717, 1.165) is 52.0 Å². The summed E-state index contributed by atoms with van der Waals surface area (Å²) in [7, 11) is 0. The van der Waals surface area contributed by atoms with Gasteiger partial charge in [-0.15, -0.1) is 0 Å². The van der Waals surface area contributed by atoms with Crippen LogP contribution in [0.5, 0.6) is 0 Å². The molecule has 32 heavy (non-hydrogen) atoms. The van der Waals surface area contributed by atoms with Crippen LogP contribution in [0.2, 0.25) is 0 Å². The zero-order chi connectivity index (χ0) is 21.9. The van der Waals surface area contributed by atoms with E-state index < -0.39 is 11.4 Å². The Hall–Kier alpha value is -1.02. The van der Waals surface area contributed by atoms with Crippen LogP contribution in [0.4, 0.5) is 0 Å². The minimum atomic E-state index is -0.697. The van der Waals surface area contributed by atoms with E-state index in [0.29, 0.717) is 23.7 Å². The quantitative estimate of drug-likeness (QED) is 0.659. The van der Waals surface area contributed by atoms with E-state index in [-0.39, 0.29) is 12.5 Å². The molecule has 6 nitrogen and oxygen atoms in total. The van der Waals surface area contributed by atoms with Gasteiger partial charge in [0, 0.05) is 51.0 Å². The highest BCUT2D eigenvalue weighted by molar-refractivity contribution is 5.14. The third-order valence-electron chi connectivity index (χ3n) is 9.14. The number of rotatable bonds is 3. The van der Waals surface area contributed by atoms with E-state index in [1.165, 1.54) is 12.0 Å². The van der Waals surface area contributed by atoms with Gasteiger partial charge in [-0.1, -0.05) is 44.2 Å². The molecule has 1 aliphatic carbocycles. The second kappa shape index (κ2) is 8.03. The van der Waals surface area contributed by atoms with E-state index in [2.05, 4.69) is 54.0 Å². The largest absolute Gasteiger partial charge is 0.331 e. The van der Waals surface area contributed by atoms with Gasteiger partial charge >= 0.3 is 0 Å². The molecule has 5 aliphatic heterocycles. The molecule has 6 heteroatoms. The standard InChI is InChI=1S/C26H38N2O4/c1-18-9-10-22-19(2)23(28-15-13-27(14-16-28)17-20-7-5-4-6-8-20)29-24-26(22)21(18)11-12-25(3,30-24)31-32-26/h4-8,18-19,21-24H,9-17H2,1-3H3/t18?,19-,21+,22+,23?,24?,25+,26?/m1/s1. The van der Waals surface area contributed by atoms with Crippen molar-refractivity contribution in [3.05, 3.63) is 35.9 Å². The monoisotopic (exact) mass is 442 g/mol. The van der Waals surface area contributed by atoms with Crippen LogP contribution in [0.15, 0.2) is 30.3 Å². The molecule has 1 aromatic rings. The molecule has 0 aromatic heterocycles. The van der Waals surface area contributed by atoms with E-state index >= 15 is 0 Å². The number of ether oxygens (including phenoxy) is 2. The predicted octanol–water partition coefficient (Wildman–Crippen LogP) is 4.01. The summed E-state index contributed by atoms with van der Waals surface area (Å²) in [6.07, 6.45) is 4.11. The summed E-state index contributed by atoms with van der Waals surface area (Å²) in [6.45, 7) is 12.0. The van der Waals surface area contributed by atoms with Gasteiger partial charge in [0.2, 0.25) is 5.79 Å². The fourth-order valence-corrected chi connectivity index (χ4v) is 7.32. The molecule has 1 spiro atoms. The number of benzene rings is 1. The van der Waals surface area contributed by atoms with Gasteiger partial charge in [-0.05, 0) is 43.6 Å². The average molecular weight is 443 g/mol. The highest BCUT2D eigenvalue weighted by Gasteiger charge is 2.69. The molecule has 5 saturated heterocycles. The van der Waals surface area contributed by atoms with Gasteiger partial charge in [0.05, 0.1) is 0 Å². The van der Waals surface area contributed by atoms with Crippen molar-refractivity contribution in [2.75, 3.05) is 26.2 Å². The molecule has 176 valence electrons. The first kappa shape index (κ1) is 21.5. The lowest BCUT2D eigenvalue weighted by atomic mass is 9.58. The Balaban J connectivity index is 1.19. The van der Waals surface area contributed by atoms with Crippen molar-refractivity contribution >= 4 is 0 Å². The van der Waals surface area contributed by atoms with E-state index in [4.69, 9.17) is 19.2 Å². The number of hydrogen-bond acceptors (Lipinski definition) is 6. The van der Waals surface area contributed by atoms with Crippen LogP contribution < -0.4 is 0 Å². The van der Waals surface area contributed by atoms with Crippen LogP contribution in [0.25, 0.3) is 0 Å². The zero-order valence-electron chi connectivity index (χ0n) is 19.7. The number of fused-ring (bicyclic) bond motifs is 2. The summed E-state index contributed by atoms with van der Waals surface area (Å²) in [5.41, 5.74) is 0.930. The number of nitrogens with zero attached hydrogens (tertiary/aromatic N) is 2. The molecular formula is C26H38N2O4. The molecule has 2 bridgehead atoms. The molecule has 7 rings (SSSR count). The molecule has 6 fully saturated rings. The van der Waals surface area contributed by atoms with Crippen LogP contribution in [0.3, 0.4) is 0 Å². The normalized spacial score (nSPS) is 47.1. The number of hydrogen-bond donors (Lipinski definition) is 0. The smallest absolute Gasteiger partial charge is 0.201 e. The van der Waals surface area contributed by atoms with Crippen molar-refractivity contribution in [2.45, 2.75) is 76.9 Å². The third-order valence-corrected chi connectivity index (χ3v) is 9.14. The van der Waals surface area contributed by atoms with E-state index in [9.17, 15) is 0 Å². The molecular weight excluding hydrogens is 404 g/mol. The van der Waals surface area contributed by atoms with Crippen molar-refractivity contribution in [1.29, 1.82) is 0 Å². The highest BCUT2D eigenvalue weighted by Crippen LogP contribution is 2.60. The van der Waals surface area contributed by atoms with Gasteiger partial charge in [0.25, 0.3) is 0 Å². The van der Waals surface area contributed by atoms with Gasteiger partial charge in [0.15, 0.2) is 11.9 Å². The summed E-state index contributed by atoms with van der Waals surface area (Å²) < 4.78 is 13.4. The van der Waals surface area contributed by atoms with Gasteiger partial charge in [-0.2, -0.15) is 0 Å². The first-order valence-electron chi connectivity index (χ1n) is 12.7. The van der Waals surface area contributed by atoms with E-state index in [1.807, 2.05) is 6.92 Å². The first-order chi connectivity index (χ1) is 15.5. The predicted molar refractivity (Wildman–Crippen MR) is 120 cm³/mol. The zero-order valence-corrected chi connectivity index (χ0v) is 19.7. The maximum Gasteiger partial charge on any atom is 0.201 e. The van der Waals surface area contributed by atoms with E-state index in [1.54, 1.807) is 0 Å². The van der Waals surface area contributed by atoms with Gasteiger partial charge in [-0.3, -0.25) is 9.80 Å². The molecule has 0 amide bonds. The second-order valence-corrected chi connectivity index (χ2v) is 11.1. The minimum Gasteiger partial charge on any atom is -0.331 e. The fraction of sp³-hybridized carbons (Fsp3) is 0.769. The van der Waals surface area contributed by atoms with Crippen molar-refractivity contribution in [2.24, 2.45) is 23.7 Å². The minimum absolute atomic E-state index is 0.0788. The molecule has 6 aliphatic rings. The fourth-order valence-electron chi connectivity index (χ4n) is 7.32. The van der Waals surface area contributed by atoms with Gasteiger partial charge in [-0.25, -0.2) is 9.78 Å². The Bertz CT molecular complexity index is 815. The first-order valence-corrected chi connectivity index (χ1v) is 12.7. The topological polar surface area (TPSA) is 43.4 Å². The summed E-state index contributed by atoms with van der Waals surface area (Å²) >= 11 is 0. The van der Waals surface area contributed by atoms with Crippen LogP contribution in [-0.4, -0.2) is 59.9 Å². The van der Waals surface area contributed by atoms with Crippen molar-refractivity contribution < 1.29 is 19.2 Å². The third kappa shape index (κ3) is 3.38. The number of piperazine rings is 1.